The van der Waals surface area contributed by atoms with Crippen molar-refractivity contribution >= 4 is 35.8 Å². The molecule has 0 spiro atoms. The predicted molar refractivity (Wildman–Crippen MR) is 112 cm³/mol. The summed E-state index contributed by atoms with van der Waals surface area (Å²) in [6, 6.07) is 0. The van der Waals surface area contributed by atoms with Crippen LogP contribution in [0.4, 0.5) is 0 Å². The van der Waals surface area contributed by atoms with Crippen molar-refractivity contribution < 1.29 is 9.53 Å². The van der Waals surface area contributed by atoms with Crippen LogP contribution in [-0.4, -0.2) is 75.2 Å². The van der Waals surface area contributed by atoms with Crippen LogP contribution in [0.15, 0.2) is 4.99 Å². The number of nitrogens with one attached hydrogen (secondary N) is 1. The van der Waals surface area contributed by atoms with Crippen LogP contribution in [0, 0.1) is 17.8 Å². The molecule has 1 N–H and O–H groups in total. The Labute approximate surface area is 169 Å². The molecular formula is C18H35IN4O2. The molecule has 7 heteroatoms. The molecule has 2 atom stereocenters. The lowest BCUT2D eigenvalue weighted by molar-refractivity contribution is -0.127. The van der Waals surface area contributed by atoms with E-state index in [2.05, 4.69) is 29.1 Å². The highest BCUT2D eigenvalue weighted by atomic mass is 127. The molecule has 2 aliphatic rings. The Balaban J connectivity index is 0.00000312. The fourth-order valence-electron chi connectivity index (χ4n) is 3.42. The zero-order chi connectivity index (χ0) is 17.5. The van der Waals surface area contributed by atoms with Crippen LogP contribution in [-0.2, 0) is 9.53 Å². The van der Waals surface area contributed by atoms with E-state index in [4.69, 9.17) is 4.74 Å². The third-order valence-corrected chi connectivity index (χ3v) is 4.83. The van der Waals surface area contributed by atoms with Crippen molar-refractivity contribution in [3.05, 3.63) is 0 Å². The molecular weight excluding hydrogens is 431 g/mol. The highest BCUT2D eigenvalue weighted by Crippen LogP contribution is 2.23. The van der Waals surface area contributed by atoms with Crippen LogP contribution >= 0.6 is 24.0 Å². The number of rotatable bonds is 6. The van der Waals surface area contributed by atoms with E-state index in [0.717, 1.165) is 57.1 Å². The average molecular weight is 466 g/mol. The molecule has 146 valence electrons. The van der Waals surface area contributed by atoms with Gasteiger partial charge in [0.25, 0.3) is 0 Å². The number of nitrogens with zero attached hydrogens (tertiary/aromatic N) is 3. The summed E-state index contributed by atoms with van der Waals surface area (Å²) in [5.41, 5.74) is 0. The molecule has 2 saturated heterocycles. The van der Waals surface area contributed by atoms with E-state index in [0.29, 0.717) is 5.92 Å². The van der Waals surface area contributed by atoms with Gasteiger partial charge in [-0.2, -0.15) is 0 Å². The minimum atomic E-state index is 0. The lowest BCUT2D eigenvalue weighted by atomic mass is 9.97. The van der Waals surface area contributed by atoms with Crippen molar-refractivity contribution in [2.45, 2.75) is 33.1 Å². The maximum Gasteiger partial charge on any atom is 0.243 e. The normalized spacial score (nSPS) is 23.7. The van der Waals surface area contributed by atoms with Crippen LogP contribution < -0.4 is 5.32 Å². The first-order chi connectivity index (χ1) is 11.5. The Morgan fingerprint density at radius 2 is 2.08 bits per heavy atom. The summed E-state index contributed by atoms with van der Waals surface area (Å²) in [5.74, 6) is 2.94. The Morgan fingerprint density at radius 1 is 1.32 bits per heavy atom. The van der Waals surface area contributed by atoms with Crippen molar-refractivity contribution in [1.29, 1.82) is 0 Å². The van der Waals surface area contributed by atoms with Gasteiger partial charge in [-0.15, -0.1) is 24.0 Å². The largest absolute Gasteiger partial charge is 0.381 e. The minimum Gasteiger partial charge on any atom is -0.381 e. The molecule has 0 bridgehead atoms. The number of hydrogen-bond donors (Lipinski definition) is 1. The fourth-order valence-corrected chi connectivity index (χ4v) is 3.42. The summed E-state index contributed by atoms with van der Waals surface area (Å²) in [7, 11) is 3.55. The highest BCUT2D eigenvalue weighted by Gasteiger charge is 2.26. The zero-order valence-corrected chi connectivity index (χ0v) is 18.5. The lowest BCUT2D eigenvalue weighted by Gasteiger charge is -2.24. The summed E-state index contributed by atoms with van der Waals surface area (Å²) < 4.78 is 5.45. The van der Waals surface area contributed by atoms with Crippen molar-refractivity contribution in [2.75, 3.05) is 53.5 Å². The maximum absolute atomic E-state index is 11.9. The monoisotopic (exact) mass is 466 g/mol. The molecule has 0 saturated carbocycles. The topological polar surface area (TPSA) is 57.2 Å². The molecule has 0 aliphatic carbocycles. The van der Waals surface area contributed by atoms with E-state index in [-0.39, 0.29) is 36.4 Å². The number of guanidine groups is 1. The van der Waals surface area contributed by atoms with Crippen LogP contribution in [0.2, 0.25) is 0 Å². The second-order valence-corrected chi connectivity index (χ2v) is 7.77. The predicted octanol–water partition coefficient (Wildman–Crippen LogP) is 2.04. The van der Waals surface area contributed by atoms with Crippen molar-refractivity contribution in [3.63, 3.8) is 0 Å². The van der Waals surface area contributed by atoms with Crippen molar-refractivity contribution in [2.24, 2.45) is 22.7 Å². The summed E-state index contributed by atoms with van der Waals surface area (Å²) in [5, 5.41) is 3.50. The quantitative estimate of drug-likeness (QED) is 0.370. The average Bonchev–Trinajstić information content (AvgIpc) is 3.18. The number of likely N-dealkylation sites (N-methyl/N-ethyl adjacent to an activating group) is 1. The molecule has 2 unspecified atom stereocenters. The summed E-state index contributed by atoms with van der Waals surface area (Å²) in [4.78, 5) is 20.4. The number of ether oxygens (including phenoxy) is 1. The number of amides is 1. The molecule has 25 heavy (non-hydrogen) atoms. The second-order valence-electron chi connectivity index (χ2n) is 7.77. The van der Waals surface area contributed by atoms with Gasteiger partial charge in [0.1, 0.15) is 6.54 Å². The number of hydrogen-bond acceptors (Lipinski definition) is 3. The molecule has 6 nitrogen and oxygen atoms in total. The van der Waals surface area contributed by atoms with Gasteiger partial charge in [0.2, 0.25) is 5.91 Å². The van der Waals surface area contributed by atoms with E-state index in [9.17, 15) is 4.79 Å². The van der Waals surface area contributed by atoms with Crippen LogP contribution in [0.5, 0.6) is 0 Å². The second kappa shape index (κ2) is 11.2. The highest BCUT2D eigenvalue weighted by molar-refractivity contribution is 14.0. The van der Waals surface area contributed by atoms with E-state index < -0.39 is 0 Å². The van der Waals surface area contributed by atoms with Gasteiger partial charge in [-0.3, -0.25) is 4.79 Å². The number of carbonyl (C=O) groups is 1. The SMILES string of the molecule is CC(C)CC1CCN(C(=NCC(=O)N(C)C)NCC2CCOC2)C1.I. The third kappa shape index (κ3) is 7.68. The van der Waals surface area contributed by atoms with Gasteiger partial charge in [0.05, 0.1) is 6.61 Å². The van der Waals surface area contributed by atoms with Crippen molar-refractivity contribution in [3.8, 4) is 0 Å². The van der Waals surface area contributed by atoms with Gasteiger partial charge in [-0.25, -0.2) is 4.99 Å². The van der Waals surface area contributed by atoms with Gasteiger partial charge in [0, 0.05) is 46.3 Å². The van der Waals surface area contributed by atoms with E-state index >= 15 is 0 Å². The van der Waals surface area contributed by atoms with E-state index in [1.165, 1.54) is 12.8 Å². The Morgan fingerprint density at radius 3 is 2.68 bits per heavy atom. The van der Waals surface area contributed by atoms with Gasteiger partial charge in [-0.1, -0.05) is 13.8 Å². The molecule has 2 heterocycles. The lowest BCUT2D eigenvalue weighted by Crippen LogP contribution is -2.43. The molecule has 2 aliphatic heterocycles. The first-order valence-corrected chi connectivity index (χ1v) is 9.26. The standard InChI is InChI=1S/C18H34N4O2.HI/c1-14(2)9-15-5-7-22(12-15)18(20-11-17(23)21(3)4)19-10-16-6-8-24-13-16;/h14-16H,5-13H2,1-4H3,(H,19,20);1H. The van der Waals surface area contributed by atoms with Gasteiger partial charge in [0.15, 0.2) is 5.96 Å². The molecule has 0 aromatic heterocycles. The van der Waals surface area contributed by atoms with E-state index in [1.807, 2.05) is 0 Å². The van der Waals surface area contributed by atoms with Gasteiger partial charge >= 0.3 is 0 Å². The summed E-state index contributed by atoms with van der Waals surface area (Å²) >= 11 is 0. The molecule has 2 fully saturated rings. The number of likely N-dealkylation sites (tertiary alicyclic amines) is 1. The number of halogens is 1. The number of carbonyl (C=O) groups excluding carboxylic acids is 1. The maximum atomic E-state index is 11.9. The molecule has 0 aromatic carbocycles. The Hall–Kier alpha value is -0.570. The third-order valence-electron chi connectivity index (χ3n) is 4.83. The molecule has 2 rings (SSSR count). The fraction of sp³-hybridized carbons (Fsp3) is 0.889. The molecule has 0 aromatic rings. The zero-order valence-electron chi connectivity index (χ0n) is 16.2. The minimum absolute atomic E-state index is 0. The first-order valence-electron chi connectivity index (χ1n) is 9.26. The smallest absolute Gasteiger partial charge is 0.243 e. The van der Waals surface area contributed by atoms with Gasteiger partial charge in [-0.05, 0) is 31.1 Å². The summed E-state index contributed by atoms with van der Waals surface area (Å²) in [6.07, 6.45) is 3.58. The van der Waals surface area contributed by atoms with Crippen LogP contribution in [0.3, 0.4) is 0 Å². The van der Waals surface area contributed by atoms with Gasteiger partial charge < -0.3 is 19.9 Å². The van der Waals surface area contributed by atoms with Crippen LogP contribution in [0.1, 0.15) is 33.1 Å². The van der Waals surface area contributed by atoms with Crippen LogP contribution in [0.25, 0.3) is 0 Å². The number of aliphatic imine (C=N–C) groups is 1. The summed E-state index contributed by atoms with van der Waals surface area (Å²) in [6.45, 7) is 9.41. The molecule has 0 radical (unpaired) electrons. The first kappa shape index (κ1) is 22.5. The molecule has 1 amide bonds. The van der Waals surface area contributed by atoms with Crippen molar-refractivity contribution in [1.82, 2.24) is 15.1 Å². The van der Waals surface area contributed by atoms with E-state index in [1.54, 1.807) is 19.0 Å². The Kier molecular flexibility index (Phi) is 10.1. The Bertz CT molecular complexity index is 437.